The third-order valence-electron chi connectivity index (χ3n) is 1.32. The molecule has 4 nitrogen and oxygen atoms in total. The molecule has 74 valence electrons. The second-order valence-electron chi connectivity index (χ2n) is 2.85. The molecular formula is C9H9ClN2O2. The highest BCUT2D eigenvalue weighted by Crippen LogP contribution is 2.26. The Morgan fingerprint density at radius 2 is 2.36 bits per heavy atom. The maximum Gasteiger partial charge on any atom is 0.240 e. The fourth-order valence-electron chi connectivity index (χ4n) is 0.839. The number of nitrogens with zero attached hydrogens (tertiary/aromatic N) is 2. The van der Waals surface area contributed by atoms with Crippen LogP contribution in [0.4, 0.5) is 5.69 Å². The highest BCUT2D eigenvalue weighted by molar-refractivity contribution is 6.32. The molecule has 0 aliphatic carbocycles. The average molecular weight is 213 g/mol. The summed E-state index contributed by atoms with van der Waals surface area (Å²) in [6, 6.07) is 1.50. The topological polar surface area (TPSA) is 51.6 Å². The lowest BCUT2D eigenvalue weighted by Crippen LogP contribution is -2.06. The molecule has 0 radical (unpaired) electrons. The highest BCUT2D eigenvalue weighted by Gasteiger charge is 2.05. The molecule has 0 fully saturated rings. The van der Waals surface area contributed by atoms with Gasteiger partial charge in [0.05, 0.1) is 18.0 Å². The Morgan fingerprint density at radius 1 is 1.64 bits per heavy atom. The van der Waals surface area contributed by atoms with Gasteiger partial charge in [0.15, 0.2) is 0 Å². The van der Waals surface area contributed by atoms with Crippen LogP contribution in [0, 0.1) is 0 Å². The number of aliphatic imine (C=N–C) groups is 1. The third-order valence-corrected chi connectivity index (χ3v) is 1.59. The van der Waals surface area contributed by atoms with Crippen LogP contribution in [0.15, 0.2) is 17.3 Å². The van der Waals surface area contributed by atoms with Gasteiger partial charge in [0.25, 0.3) is 0 Å². The summed E-state index contributed by atoms with van der Waals surface area (Å²) in [7, 11) is 0. The maximum absolute atomic E-state index is 9.95. The molecule has 0 N–H and O–H groups in total. The van der Waals surface area contributed by atoms with Crippen LogP contribution in [0.1, 0.15) is 13.8 Å². The lowest BCUT2D eigenvalue weighted by molar-refractivity contribution is 0.233. The van der Waals surface area contributed by atoms with Crippen LogP contribution in [0.25, 0.3) is 0 Å². The van der Waals surface area contributed by atoms with Gasteiger partial charge in [-0.1, -0.05) is 11.6 Å². The molecule has 14 heavy (non-hydrogen) atoms. The van der Waals surface area contributed by atoms with Crippen molar-refractivity contribution >= 4 is 23.4 Å². The fourth-order valence-corrected chi connectivity index (χ4v) is 1.04. The first-order valence-electron chi connectivity index (χ1n) is 4.03. The number of aromatic nitrogens is 1. The fraction of sp³-hybridized carbons (Fsp3) is 0.333. The summed E-state index contributed by atoms with van der Waals surface area (Å²) in [5.74, 6) is 0.339. The van der Waals surface area contributed by atoms with Crippen LogP contribution >= 0.6 is 11.6 Å². The zero-order valence-corrected chi connectivity index (χ0v) is 8.58. The van der Waals surface area contributed by atoms with Gasteiger partial charge in [0, 0.05) is 0 Å². The summed E-state index contributed by atoms with van der Waals surface area (Å²) < 4.78 is 5.29. The van der Waals surface area contributed by atoms with Crippen molar-refractivity contribution in [2.24, 2.45) is 4.99 Å². The van der Waals surface area contributed by atoms with Gasteiger partial charge in [0.2, 0.25) is 12.0 Å². The molecule has 5 heteroatoms. The summed E-state index contributed by atoms with van der Waals surface area (Å²) in [6.45, 7) is 3.74. The van der Waals surface area contributed by atoms with E-state index >= 15 is 0 Å². The van der Waals surface area contributed by atoms with Gasteiger partial charge in [-0.05, 0) is 19.9 Å². The number of isocyanates is 1. The molecule has 1 aromatic rings. The first-order valence-corrected chi connectivity index (χ1v) is 4.41. The summed E-state index contributed by atoms with van der Waals surface area (Å²) in [5, 5.41) is 0.329. The van der Waals surface area contributed by atoms with E-state index in [1.165, 1.54) is 18.3 Å². The summed E-state index contributed by atoms with van der Waals surface area (Å²) in [6.07, 6.45) is 2.80. The van der Waals surface area contributed by atoms with Crippen LogP contribution in [-0.4, -0.2) is 17.2 Å². The molecule has 1 heterocycles. The van der Waals surface area contributed by atoms with Crippen molar-refractivity contribution in [3.63, 3.8) is 0 Å². The molecule has 0 spiro atoms. The first-order chi connectivity index (χ1) is 6.63. The Bertz CT molecular complexity index is 373. The van der Waals surface area contributed by atoms with Crippen molar-refractivity contribution in [1.82, 2.24) is 4.98 Å². The summed E-state index contributed by atoms with van der Waals surface area (Å²) in [5.41, 5.74) is 0.362. The van der Waals surface area contributed by atoms with Gasteiger partial charge in [-0.2, -0.15) is 4.99 Å². The molecule has 0 aliphatic rings. The average Bonchev–Trinajstić information content (AvgIpc) is 2.10. The number of ether oxygens (including phenoxy) is 1. The van der Waals surface area contributed by atoms with E-state index in [1.807, 2.05) is 13.8 Å². The van der Waals surface area contributed by atoms with Gasteiger partial charge in [0.1, 0.15) is 5.02 Å². The van der Waals surface area contributed by atoms with Crippen LogP contribution in [0.5, 0.6) is 5.88 Å². The van der Waals surface area contributed by atoms with Gasteiger partial charge < -0.3 is 4.74 Å². The number of pyridine rings is 1. The number of rotatable bonds is 3. The van der Waals surface area contributed by atoms with Crippen LogP contribution in [0.3, 0.4) is 0 Å². The van der Waals surface area contributed by atoms with Gasteiger partial charge >= 0.3 is 0 Å². The van der Waals surface area contributed by atoms with E-state index < -0.39 is 0 Å². The zero-order chi connectivity index (χ0) is 10.6. The number of halogens is 1. The molecule has 0 bridgehead atoms. The van der Waals surface area contributed by atoms with Crippen molar-refractivity contribution in [3.05, 3.63) is 17.3 Å². The monoisotopic (exact) mass is 212 g/mol. The van der Waals surface area contributed by atoms with E-state index in [0.29, 0.717) is 16.6 Å². The van der Waals surface area contributed by atoms with Crippen molar-refractivity contribution < 1.29 is 9.53 Å². The van der Waals surface area contributed by atoms with Crippen molar-refractivity contribution in [1.29, 1.82) is 0 Å². The van der Waals surface area contributed by atoms with Crippen molar-refractivity contribution in [2.45, 2.75) is 20.0 Å². The van der Waals surface area contributed by atoms with Crippen molar-refractivity contribution in [3.8, 4) is 5.88 Å². The molecular weight excluding hydrogens is 204 g/mol. The largest absolute Gasteiger partial charge is 0.474 e. The Hall–Kier alpha value is -1.38. The maximum atomic E-state index is 9.95. The van der Waals surface area contributed by atoms with E-state index in [4.69, 9.17) is 16.3 Å². The van der Waals surface area contributed by atoms with Crippen LogP contribution in [-0.2, 0) is 4.79 Å². The molecule has 0 saturated carbocycles. The van der Waals surface area contributed by atoms with Gasteiger partial charge in [-0.3, -0.25) is 0 Å². The summed E-state index contributed by atoms with van der Waals surface area (Å²) >= 11 is 5.83. The second kappa shape index (κ2) is 4.74. The van der Waals surface area contributed by atoms with Crippen LogP contribution in [0.2, 0.25) is 5.02 Å². The first kappa shape index (κ1) is 10.7. The Labute approximate surface area is 86.6 Å². The Morgan fingerprint density at radius 3 is 2.86 bits per heavy atom. The van der Waals surface area contributed by atoms with E-state index in [0.717, 1.165) is 0 Å². The lowest BCUT2D eigenvalue weighted by Gasteiger charge is -2.09. The third kappa shape index (κ3) is 2.83. The number of hydrogen-bond acceptors (Lipinski definition) is 4. The molecule has 0 saturated heterocycles. The summed E-state index contributed by atoms with van der Waals surface area (Å²) in [4.78, 5) is 17.2. The second-order valence-corrected chi connectivity index (χ2v) is 3.26. The molecule has 0 unspecified atom stereocenters. The lowest BCUT2D eigenvalue weighted by atomic mass is 10.4. The Kier molecular flexibility index (Phi) is 3.63. The number of hydrogen-bond donors (Lipinski definition) is 0. The van der Waals surface area contributed by atoms with Crippen LogP contribution < -0.4 is 4.74 Å². The predicted octanol–water partition coefficient (Wildman–Crippen LogP) is 2.49. The minimum absolute atomic E-state index is 0.000391. The van der Waals surface area contributed by atoms with E-state index in [2.05, 4.69) is 9.98 Å². The molecule has 0 amide bonds. The molecule has 1 aromatic heterocycles. The molecule has 1 rings (SSSR count). The number of carbonyl (C=O) groups excluding carboxylic acids is 1. The molecule has 0 atom stereocenters. The standard InChI is InChI=1S/C9H9ClN2O2/c1-6(2)14-9-8(10)3-7(4-11-9)12-5-13/h3-4,6H,1-2H3. The van der Waals surface area contributed by atoms with E-state index in [9.17, 15) is 4.79 Å². The van der Waals surface area contributed by atoms with E-state index in [1.54, 1.807) is 0 Å². The Balaban J connectivity index is 2.95. The van der Waals surface area contributed by atoms with Gasteiger partial charge in [-0.15, -0.1) is 0 Å². The predicted molar refractivity (Wildman–Crippen MR) is 52.8 cm³/mol. The molecule has 0 aliphatic heterocycles. The molecule has 0 aromatic carbocycles. The minimum atomic E-state index is 0.000391. The SMILES string of the molecule is CC(C)Oc1ncc(N=C=O)cc1Cl. The normalized spacial score (nSPS) is 9.71. The van der Waals surface area contributed by atoms with E-state index in [-0.39, 0.29) is 6.10 Å². The highest BCUT2D eigenvalue weighted by atomic mass is 35.5. The van der Waals surface area contributed by atoms with Crippen molar-refractivity contribution in [2.75, 3.05) is 0 Å². The smallest absolute Gasteiger partial charge is 0.240 e. The van der Waals surface area contributed by atoms with Gasteiger partial charge in [-0.25, -0.2) is 9.78 Å². The zero-order valence-electron chi connectivity index (χ0n) is 7.82. The minimum Gasteiger partial charge on any atom is -0.474 e. The quantitative estimate of drug-likeness (QED) is 0.571.